The summed E-state index contributed by atoms with van der Waals surface area (Å²) in [6, 6.07) is 2.92. The van der Waals surface area contributed by atoms with E-state index in [1.807, 2.05) is 0 Å². The van der Waals surface area contributed by atoms with Crippen LogP contribution in [0, 0.1) is 0 Å². The zero-order chi connectivity index (χ0) is 19.9. The quantitative estimate of drug-likeness (QED) is 0.327. The highest BCUT2D eigenvalue weighted by Crippen LogP contribution is 2.55. The van der Waals surface area contributed by atoms with Crippen LogP contribution >= 0.6 is 23.5 Å². The first-order valence-corrected chi connectivity index (χ1v) is 10.4. The maximum Gasteiger partial charge on any atom is 0.353 e. The van der Waals surface area contributed by atoms with Gasteiger partial charge in [-0.25, -0.2) is 0 Å². The van der Waals surface area contributed by atoms with Crippen molar-refractivity contribution in [2.75, 3.05) is 32.8 Å². The number of Topliss-reactive ketones (excluding diaryl/α,β-unsaturated/α-hetero) is 1. The van der Waals surface area contributed by atoms with Crippen LogP contribution in [0.1, 0.15) is 31.1 Å². The zero-order valence-corrected chi connectivity index (χ0v) is 17.8. The van der Waals surface area contributed by atoms with Crippen LogP contribution in [0.4, 0.5) is 5.69 Å². The molecule has 26 heavy (non-hydrogen) atoms. The SMILES string of the molecule is CCOP(=O)(OCC)C(Br)C(=O)Nc1cc(OC)c(OC)cc1C(C)=O. The largest absolute Gasteiger partial charge is 0.493 e. The number of alkyl halides is 1. The summed E-state index contributed by atoms with van der Waals surface area (Å²) in [6.45, 7) is 4.87. The minimum Gasteiger partial charge on any atom is -0.493 e. The number of ketones is 1. The van der Waals surface area contributed by atoms with Gasteiger partial charge in [0.1, 0.15) is 0 Å². The smallest absolute Gasteiger partial charge is 0.353 e. The third kappa shape index (κ3) is 5.30. The third-order valence-electron chi connectivity index (χ3n) is 3.27. The molecule has 1 atom stereocenters. The fraction of sp³-hybridized carbons (Fsp3) is 0.500. The van der Waals surface area contributed by atoms with Gasteiger partial charge < -0.3 is 23.8 Å². The number of carbonyl (C=O) groups is 2. The van der Waals surface area contributed by atoms with E-state index in [4.69, 9.17) is 18.5 Å². The molecule has 0 fully saturated rings. The summed E-state index contributed by atoms with van der Waals surface area (Å²) in [4.78, 5) is 24.5. The molecule has 146 valence electrons. The first kappa shape index (κ1) is 22.6. The van der Waals surface area contributed by atoms with E-state index in [0.29, 0.717) is 11.5 Å². The lowest BCUT2D eigenvalue weighted by molar-refractivity contribution is -0.114. The van der Waals surface area contributed by atoms with E-state index >= 15 is 0 Å². The molecule has 0 aliphatic carbocycles. The number of hydrogen-bond acceptors (Lipinski definition) is 7. The van der Waals surface area contributed by atoms with E-state index in [0.717, 1.165) is 0 Å². The lowest BCUT2D eigenvalue weighted by Crippen LogP contribution is -2.25. The number of amides is 1. The fourth-order valence-electron chi connectivity index (χ4n) is 2.14. The molecule has 10 heteroatoms. The van der Waals surface area contributed by atoms with Gasteiger partial charge in [0, 0.05) is 11.6 Å². The van der Waals surface area contributed by atoms with Gasteiger partial charge in [0.15, 0.2) is 21.9 Å². The van der Waals surface area contributed by atoms with Gasteiger partial charge in [-0.1, -0.05) is 15.9 Å². The van der Waals surface area contributed by atoms with Gasteiger partial charge in [-0.2, -0.15) is 0 Å². The highest BCUT2D eigenvalue weighted by molar-refractivity contribution is 9.11. The van der Waals surface area contributed by atoms with Gasteiger partial charge in [0.2, 0.25) is 0 Å². The zero-order valence-electron chi connectivity index (χ0n) is 15.3. The Morgan fingerprint density at radius 1 is 1.12 bits per heavy atom. The van der Waals surface area contributed by atoms with Crippen molar-refractivity contribution in [3.63, 3.8) is 0 Å². The topological polar surface area (TPSA) is 100 Å². The van der Waals surface area contributed by atoms with Crippen molar-refractivity contribution in [2.45, 2.75) is 25.3 Å². The number of halogens is 1. The number of ether oxygens (including phenoxy) is 2. The van der Waals surface area contributed by atoms with E-state index in [2.05, 4.69) is 21.2 Å². The van der Waals surface area contributed by atoms with E-state index in [1.54, 1.807) is 13.8 Å². The molecular formula is C16H23BrNO7P. The first-order valence-electron chi connectivity index (χ1n) is 7.84. The summed E-state index contributed by atoms with van der Waals surface area (Å²) in [5.41, 5.74) is 0.419. The number of carbonyl (C=O) groups excluding carboxylic acids is 2. The molecule has 8 nitrogen and oxygen atoms in total. The van der Waals surface area contributed by atoms with Crippen LogP contribution in [-0.4, -0.2) is 43.7 Å². The molecule has 0 aliphatic heterocycles. The maximum absolute atomic E-state index is 12.7. The summed E-state index contributed by atoms with van der Waals surface area (Å²) >= 11 is 3.08. The van der Waals surface area contributed by atoms with Crippen molar-refractivity contribution < 1.29 is 32.7 Å². The van der Waals surface area contributed by atoms with Crippen molar-refractivity contribution >= 4 is 40.9 Å². The number of benzene rings is 1. The van der Waals surface area contributed by atoms with E-state index < -0.39 is 18.1 Å². The Morgan fingerprint density at radius 2 is 1.62 bits per heavy atom. The highest BCUT2D eigenvalue weighted by atomic mass is 79.9. The van der Waals surface area contributed by atoms with Crippen LogP contribution in [0.5, 0.6) is 11.5 Å². The fourth-order valence-corrected chi connectivity index (χ4v) is 4.37. The average Bonchev–Trinajstić information content (AvgIpc) is 2.60. The molecule has 0 saturated carbocycles. The van der Waals surface area contributed by atoms with Gasteiger partial charge in [-0.05, 0) is 26.8 Å². The Labute approximate surface area is 161 Å². The van der Waals surface area contributed by atoms with Crippen molar-refractivity contribution in [3.05, 3.63) is 17.7 Å². The molecule has 0 saturated heterocycles. The normalized spacial score (nSPS) is 12.4. The Hall–Kier alpha value is -1.41. The van der Waals surface area contributed by atoms with Crippen LogP contribution in [0.3, 0.4) is 0 Å². The monoisotopic (exact) mass is 451 g/mol. The molecule has 1 amide bonds. The van der Waals surface area contributed by atoms with E-state index in [9.17, 15) is 14.2 Å². The summed E-state index contributed by atoms with van der Waals surface area (Å²) in [7, 11) is -0.840. The second-order valence-electron chi connectivity index (χ2n) is 5.01. The average molecular weight is 452 g/mol. The van der Waals surface area contributed by atoms with E-state index in [-0.39, 0.29) is 30.2 Å². The molecule has 1 N–H and O–H groups in total. The maximum atomic E-state index is 12.7. The van der Waals surface area contributed by atoms with Crippen LogP contribution in [-0.2, 0) is 18.4 Å². The number of methoxy groups -OCH3 is 2. The standard InChI is InChI=1S/C16H23BrNO7P/c1-6-24-26(21,25-7-2)15(17)16(20)18-12-9-14(23-5)13(22-4)8-11(12)10(3)19/h8-9,15H,6-7H2,1-5H3,(H,18,20). The minimum absolute atomic E-state index is 0.113. The second kappa shape index (κ2) is 10.1. The Morgan fingerprint density at radius 3 is 2.04 bits per heavy atom. The minimum atomic E-state index is -3.71. The molecule has 1 unspecified atom stereocenters. The van der Waals surface area contributed by atoms with Crippen LogP contribution in [0.15, 0.2) is 12.1 Å². The molecule has 0 bridgehead atoms. The summed E-state index contributed by atoms with van der Waals surface area (Å²) in [5.74, 6) is -0.285. The molecule has 1 aromatic rings. The van der Waals surface area contributed by atoms with Gasteiger partial charge in [-0.3, -0.25) is 14.2 Å². The van der Waals surface area contributed by atoms with Crippen molar-refractivity contribution in [2.24, 2.45) is 0 Å². The Balaban J connectivity index is 3.22. The predicted molar refractivity (Wildman–Crippen MR) is 102 cm³/mol. The summed E-state index contributed by atoms with van der Waals surface area (Å²) in [5, 5.41) is 2.57. The lowest BCUT2D eigenvalue weighted by atomic mass is 10.1. The molecule has 0 heterocycles. The Kier molecular flexibility index (Phi) is 8.76. The second-order valence-corrected chi connectivity index (χ2v) is 8.75. The van der Waals surface area contributed by atoms with Crippen molar-refractivity contribution in [3.8, 4) is 11.5 Å². The van der Waals surface area contributed by atoms with E-state index in [1.165, 1.54) is 33.3 Å². The Bertz CT molecular complexity index is 700. The molecule has 1 rings (SSSR count). The first-order chi connectivity index (χ1) is 12.2. The summed E-state index contributed by atoms with van der Waals surface area (Å²) < 4.78 is 32.2. The molecule has 0 spiro atoms. The van der Waals surface area contributed by atoms with Gasteiger partial charge in [-0.15, -0.1) is 0 Å². The molecule has 0 aromatic heterocycles. The molecule has 1 aromatic carbocycles. The number of hydrogen-bond donors (Lipinski definition) is 1. The van der Waals surface area contributed by atoms with Crippen molar-refractivity contribution in [1.82, 2.24) is 0 Å². The van der Waals surface area contributed by atoms with Crippen LogP contribution < -0.4 is 14.8 Å². The molecular weight excluding hydrogens is 429 g/mol. The number of anilines is 1. The molecule has 0 aliphatic rings. The molecule has 0 radical (unpaired) electrons. The highest BCUT2D eigenvalue weighted by Gasteiger charge is 2.39. The number of nitrogens with one attached hydrogen (secondary N) is 1. The summed E-state index contributed by atoms with van der Waals surface area (Å²) in [6.07, 6.45) is 0. The van der Waals surface area contributed by atoms with Crippen LogP contribution in [0.25, 0.3) is 0 Å². The number of rotatable bonds is 10. The van der Waals surface area contributed by atoms with Gasteiger partial charge in [0.25, 0.3) is 5.91 Å². The van der Waals surface area contributed by atoms with Crippen molar-refractivity contribution in [1.29, 1.82) is 0 Å². The lowest BCUT2D eigenvalue weighted by Gasteiger charge is -2.22. The van der Waals surface area contributed by atoms with Gasteiger partial charge >= 0.3 is 7.60 Å². The predicted octanol–water partition coefficient (Wildman–Crippen LogP) is 3.83. The van der Waals surface area contributed by atoms with Crippen LogP contribution in [0.2, 0.25) is 0 Å². The van der Waals surface area contributed by atoms with Gasteiger partial charge in [0.05, 0.1) is 33.1 Å². The third-order valence-corrected chi connectivity index (χ3v) is 7.22.